The van der Waals surface area contributed by atoms with E-state index >= 15 is 0 Å². The van der Waals surface area contributed by atoms with E-state index in [0.717, 1.165) is 21.7 Å². The number of rotatable bonds is 4. The summed E-state index contributed by atoms with van der Waals surface area (Å²) < 4.78 is 0. The van der Waals surface area contributed by atoms with Crippen molar-refractivity contribution in [2.75, 3.05) is 16.8 Å². The minimum atomic E-state index is -0.0401. The number of amides is 1. The van der Waals surface area contributed by atoms with E-state index in [-0.39, 0.29) is 5.91 Å². The van der Waals surface area contributed by atoms with E-state index in [1.54, 1.807) is 12.1 Å². The third-order valence-electron chi connectivity index (χ3n) is 3.01. The van der Waals surface area contributed by atoms with Gasteiger partial charge in [-0.25, -0.2) is 0 Å². The van der Waals surface area contributed by atoms with E-state index in [0.29, 0.717) is 16.5 Å². The van der Waals surface area contributed by atoms with Crippen molar-refractivity contribution in [3.63, 3.8) is 0 Å². The number of carbonyl (C=O) groups is 1. The number of nitrogens with one attached hydrogen (secondary N) is 1. The summed E-state index contributed by atoms with van der Waals surface area (Å²) >= 11 is 7.39. The van der Waals surface area contributed by atoms with Crippen molar-refractivity contribution < 1.29 is 4.79 Å². The third-order valence-corrected chi connectivity index (χ3v) is 4.33. The molecule has 0 aromatic heterocycles. The number of benzene rings is 2. The minimum Gasteiger partial charge on any atom is -0.398 e. The molecule has 0 spiro atoms. The lowest BCUT2D eigenvalue weighted by atomic mass is 10.1. The number of hydrogen-bond donors (Lipinski definition) is 2. The van der Waals surface area contributed by atoms with Crippen molar-refractivity contribution in [2.45, 2.75) is 18.7 Å². The molecular formula is C16H17ClN2OS. The van der Waals surface area contributed by atoms with Crippen LogP contribution in [0.15, 0.2) is 41.3 Å². The summed E-state index contributed by atoms with van der Waals surface area (Å²) in [4.78, 5) is 12.9. The molecule has 0 saturated carbocycles. The van der Waals surface area contributed by atoms with Crippen LogP contribution in [0, 0.1) is 13.8 Å². The summed E-state index contributed by atoms with van der Waals surface area (Å²) in [5, 5.41) is 3.44. The smallest absolute Gasteiger partial charge is 0.234 e. The monoisotopic (exact) mass is 320 g/mol. The fourth-order valence-electron chi connectivity index (χ4n) is 1.80. The van der Waals surface area contributed by atoms with E-state index in [1.165, 1.54) is 11.8 Å². The van der Waals surface area contributed by atoms with E-state index in [9.17, 15) is 4.79 Å². The predicted molar refractivity (Wildman–Crippen MR) is 91.1 cm³/mol. The van der Waals surface area contributed by atoms with Gasteiger partial charge in [0.1, 0.15) is 0 Å². The quantitative estimate of drug-likeness (QED) is 0.653. The molecule has 0 unspecified atom stereocenters. The van der Waals surface area contributed by atoms with Crippen molar-refractivity contribution in [1.82, 2.24) is 0 Å². The van der Waals surface area contributed by atoms with Crippen LogP contribution in [0.2, 0.25) is 5.02 Å². The zero-order valence-electron chi connectivity index (χ0n) is 11.9. The van der Waals surface area contributed by atoms with Gasteiger partial charge in [0.25, 0.3) is 0 Å². The highest BCUT2D eigenvalue weighted by atomic mass is 35.5. The van der Waals surface area contributed by atoms with Gasteiger partial charge in [-0.15, -0.1) is 11.8 Å². The van der Waals surface area contributed by atoms with Gasteiger partial charge in [0.05, 0.1) is 16.5 Å². The Balaban J connectivity index is 1.95. The SMILES string of the molecule is Cc1ccc(C)c(NC(=O)CSc2ccc(N)c(Cl)c2)c1. The van der Waals surface area contributed by atoms with E-state index in [1.807, 2.05) is 38.1 Å². The molecule has 1 amide bonds. The van der Waals surface area contributed by atoms with Gasteiger partial charge in [0.15, 0.2) is 0 Å². The Morgan fingerprint density at radius 2 is 2.00 bits per heavy atom. The van der Waals surface area contributed by atoms with Gasteiger partial charge in [0.2, 0.25) is 5.91 Å². The van der Waals surface area contributed by atoms with E-state index in [2.05, 4.69) is 5.32 Å². The molecule has 3 N–H and O–H groups in total. The summed E-state index contributed by atoms with van der Waals surface area (Å²) in [5.41, 5.74) is 9.23. The molecule has 0 radical (unpaired) electrons. The molecule has 0 saturated heterocycles. The summed E-state index contributed by atoms with van der Waals surface area (Å²) in [6, 6.07) is 11.4. The number of nitrogen functional groups attached to an aromatic ring is 1. The lowest BCUT2D eigenvalue weighted by molar-refractivity contribution is -0.113. The maximum atomic E-state index is 12.0. The summed E-state index contributed by atoms with van der Waals surface area (Å²) in [7, 11) is 0. The summed E-state index contributed by atoms with van der Waals surface area (Å²) in [6.07, 6.45) is 0. The average Bonchev–Trinajstić information content (AvgIpc) is 2.44. The minimum absolute atomic E-state index is 0.0401. The van der Waals surface area contributed by atoms with Crippen LogP contribution in [0.4, 0.5) is 11.4 Å². The highest BCUT2D eigenvalue weighted by Gasteiger charge is 2.07. The first-order chi connectivity index (χ1) is 9.95. The number of hydrogen-bond acceptors (Lipinski definition) is 3. The predicted octanol–water partition coefficient (Wildman–Crippen LogP) is 4.27. The van der Waals surface area contributed by atoms with Gasteiger partial charge in [-0.3, -0.25) is 4.79 Å². The first-order valence-electron chi connectivity index (χ1n) is 6.50. The molecule has 0 aliphatic heterocycles. The van der Waals surface area contributed by atoms with Crippen molar-refractivity contribution in [1.29, 1.82) is 0 Å². The topological polar surface area (TPSA) is 55.1 Å². The maximum Gasteiger partial charge on any atom is 0.234 e. The Hall–Kier alpha value is -1.65. The molecule has 21 heavy (non-hydrogen) atoms. The van der Waals surface area contributed by atoms with Gasteiger partial charge in [0, 0.05) is 10.6 Å². The van der Waals surface area contributed by atoms with E-state index in [4.69, 9.17) is 17.3 Å². The number of carbonyl (C=O) groups excluding carboxylic acids is 1. The lowest BCUT2D eigenvalue weighted by Crippen LogP contribution is -2.14. The van der Waals surface area contributed by atoms with Crippen LogP contribution in [0.1, 0.15) is 11.1 Å². The average molecular weight is 321 g/mol. The first-order valence-corrected chi connectivity index (χ1v) is 7.87. The Morgan fingerprint density at radius 1 is 1.24 bits per heavy atom. The van der Waals surface area contributed by atoms with Gasteiger partial charge in [-0.05, 0) is 49.2 Å². The van der Waals surface area contributed by atoms with Crippen LogP contribution in [0.25, 0.3) is 0 Å². The standard InChI is InChI=1S/C16H17ClN2OS/c1-10-3-4-11(2)15(7-10)19-16(20)9-21-12-5-6-14(18)13(17)8-12/h3-8H,9,18H2,1-2H3,(H,19,20). The molecule has 3 nitrogen and oxygen atoms in total. The zero-order valence-corrected chi connectivity index (χ0v) is 13.5. The Morgan fingerprint density at radius 3 is 2.71 bits per heavy atom. The van der Waals surface area contributed by atoms with Crippen molar-refractivity contribution in [3.8, 4) is 0 Å². The molecule has 0 atom stereocenters. The normalized spacial score (nSPS) is 10.4. The summed E-state index contributed by atoms with van der Waals surface area (Å²) in [5.74, 6) is 0.287. The second-order valence-corrected chi connectivity index (χ2v) is 6.29. The summed E-state index contributed by atoms with van der Waals surface area (Å²) in [6.45, 7) is 3.97. The maximum absolute atomic E-state index is 12.0. The molecule has 2 aromatic carbocycles. The zero-order chi connectivity index (χ0) is 15.4. The highest BCUT2D eigenvalue weighted by Crippen LogP contribution is 2.26. The second kappa shape index (κ2) is 6.87. The molecule has 0 aliphatic carbocycles. The lowest BCUT2D eigenvalue weighted by Gasteiger charge is -2.09. The van der Waals surface area contributed by atoms with Crippen molar-refractivity contribution >= 4 is 40.6 Å². The van der Waals surface area contributed by atoms with Crippen LogP contribution in [-0.4, -0.2) is 11.7 Å². The number of nitrogens with two attached hydrogens (primary N) is 1. The molecule has 2 aromatic rings. The Bertz CT molecular complexity index is 673. The molecule has 2 rings (SSSR count). The van der Waals surface area contributed by atoms with Gasteiger partial charge >= 0.3 is 0 Å². The molecule has 0 heterocycles. The molecular weight excluding hydrogens is 304 g/mol. The fourth-order valence-corrected chi connectivity index (χ4v) is 2.78. The molecule has 5 heteroatoms. The largest absolute Gasteiger partial charge is 0.398 e. The van der Waals surface area contributed by atoms with Gasteiger partial charge in [-0.1, -0.05) is 23.7 Å². The van der Waals surface area contributed by atoms with Crippen LogP contribution in [-0.2, 0) is 4.79 Å². The molecule has 0 bridgehead atoms. The Labute approximate surface area is 133 Å². The van der Waals surface area contributed by atoms with Crippen molar-refractivity contribution in [3.05, 3.63) is 52.5 Å². The molecule has 0 fully saturated rings. The molecule has 110 valence electrons. The Kier molecular flexibility index (Phi) is 5.15. The highest BCUT2D eigenvalue weighted by molar-refractivity contribution is 8.00. The molecule has 0 aliphatic rings. The second-order valence-electron chi connectivity index (χ2n) is 4.84. The number of halogens is 1. The van der Waals surface area contributed by atoms with Gasteiger partial charge in [-0.2, -0.15) is 0 Å². The van der Waals surface area contributed by atoms with Crippen LogP contribution < -0.4 is 11.1 Å². The van der Waals surface area contributed by atoms with Crippen LogP contribution >= 0.6 is 23.4 Å². The van der Waals surface area contributed by atoms with E-state index < -0.39 is 0 Å². The number of anilines is 2. The van der Waals surface area contributed by atoms with Gasteiger partial charge < -0.3 is 11.1 Å². The number of thioether (sulfide) groups is 1. The third kappa shape index (κ3) is 4.41. The number of aryl methyl sites for hydroxylation is 2. The van der Waals surface area contributed by atoms with Crippen LogP contribution in [0.3, 0.4) is 0 Å². The van der Waals surface area contributed by atoms with Crippen molar-refractivity contribution in [2.24, 2.45) is 0 Å². The van der Waals surface area contributed by atoms with Crippen LogP contribution in [0.5, 0.6) is 0 Å². The fraction of sp³-hybridized carbons (Fsp3) is 0.188. The first kappa shape index (κ1) is 15.7.